The summed E-state index contributed by atoms with van der Waals surface area (Å²) in [6, 6.07) is 6.60. The maximum absolute atomic E-state index is 13.0. The van der Waals surface area contributed by atoms with E-state index in [0.29, 0.717) is 5.06 Å². The molecule has 140 valence electrons. The Labute approximate surface area is 157 Å². The van der Waals surface area contributed by atoms with Gasteiger partial charge in [-0.25, -0.2) is 13.1 Å². The molecule has 2 aromatic rings. The van der Waals surface area contributed by atoms with Crippen molar-refractivity contribution in [3.63, 3.8) is 0 Å². The molecule has 1 amide bonds. The number of sulfonamides is 1. The van der Waals surface area contributed by atoms with Crippen LogP contribution in [0.5, 0.6) is 5.06 Å². The number of amides is 1. The highest BCUT2D eigenvalue weighted by Gasteiger charge is 2.33. The van der Waals surface area contributed by atoms with Gasteiger partial charge in [0.1, 0.15) is 4.21 Å². The molecular weight excluding hydrogens is 372 g/mol. The van der Waals surface area contributed by atoms with Crippen molar-refractivity contribution in [1.82, 2.24) is 9.71 Å². The Morgan fingerprint density at radius 3 is 2.50 bits per heavy atom. The highest BCUT2D eigenvalue weighted by Crippen LogP contribution is 2.36. The lowest BCUT2D eigenvalue weighted by atomic mass is 9.76. The monoisotopic (exact) mass is 394 g/mol. The van der Waals surface area contributed by atoms with Crippen LogP contribution in [0.1, 0.15) is 43.6 Å². The van der Waals surface area contributed by atoms with Gasteiger partial charge in [0.05, 0.1) is 13.0 Å². The number of carbonyl (C=O) groups is 1. The van der Waals surface area contributed by atoms with E-state index in [1.807, 2.05) is 0 Å². The second-order valence-electron chi connectivity index (χ2n) is 6.40. The van der Waals surface area contributed by atoms with Crippen molar-refractivity contribution >= 4 is 27.3 Å². The predicted molar refractivity (Wildman–Crippen MR) is 99.8 cm³/mol. The van der Waals surface area contributed by atoms with Crippen LogP contribution in [0, 0.1) is 5.92 Å². The van der Waals surface area contributed by atoms with Crippen LogP contribution in [-0.4, -0.2) is 26.4 Å². The van der Waals surface area contributed by atoms with E-state index < -0.39 is 21.8 Å². The van der Waals surface area contributed by atoms with Crippen LogP contribution < -0.4 is 9.46 Å². The Hall–Kier alpha value is -1.93. The van der Waals surface area contributed by atoms with E-state index in [1.54, 1.807) is 30.6 Å². The van der Waals surface area contributed by atoms with Crippen molar-refractivity contribution in [3.05, 3.63) is 42.2 Å². The molecule has 0 aromatic carbocycles. The molecule has 0 bridgehead atoms. The van der Waals surface area contributed by atoms with Crippen molar-refractivity contribution in [2.24, 2.45) is 5.92 Å². The van der Waals surface area contributed by atoms with E-state index in [9.17, 15) is 13.2 Å². The fraction of sp³-hybridized carbons (Fsp3) is 0.444. The minimum atomic E-state index is -3.92. The number of nitrogens with one attached hydrogen (secondary N) is 1. The van der Waals surface area contributed by atoms with Gasteiger partial charge in [-0.1, -0.05) is 30.6 Å². The van der Waals surface area contributed by atoms with Crippen LogP contribution in [0.3, 0.4) is 0 Å². The largest absolute Gasteiger partial charge is 0.487 e. The van der Waals surface area contributed by atoms with Gasteiger partial charge in [-0.3, -0.25) is 9.78 Å². The van der Waals surface area contributed by atoms with Gasteiger partial charge in [0.25, 0.3) is 10.0 Å². The summed E-state index contributed by atoms with van der Waals surface area (Å²) in [4.78, 5) is 17.0. The molecule has 1 aliphatic rings. The summed E-state index contributed by atoms with van der Waals surface area (Å²) in [5.74, 6) is -0.829. The van der Waals surface area contributed by atoms with Gasteiger partial charge in [-0.05, 0) is 48.6 Å². The highest BCUT2D eigenvalue weighted by molar-refractivity contribution is 7.92. The quantitative estimate of drug-likeness (QED) is 0.812. The van der Waals surface area contributed by atoms with Gasteiger partial charge in [0, 0.05) is 12.4 Å². The smallest absolute Gasteiger partial charge is 0.273 e. The average molecular weight is 395 g/mol. The van der Waals surface area contributed by atoms with E-state index >= 15 is 0 Å². The number of hydrogen-bond donors (Lipinski definition) is 1. The first kappa shape index (κ1) is 18.8. The van der Waals surface area contributed by atoms with Gasteiger partial charge in [-0.15, -0.1) is 0 Å². The Kier molecular flexibility index (Phi) is 5.93. The van der Waals surface area contributed by atoms with E-state index in [0.717, 1.165) is 49.0 Å². The molecule has 8 heteroatoms. The molecule has 3 rings (SSSR count). The Bertz CT molecular complexity index is 843. The Balaban J connectivity index is 1.85. The first-order chi connectivity index (χ1) is 12.5. The van der Waals surface area contributed by atoms with E-state index in [1.165, 1.54) is 13.2 Å². The third kappa shape index (κ3) is 4.24. The Morgan fingerprint density at radius 2 is 1.88 bits per heavy atom. The van der Waals surface area contributed by atoms with Crippen molar-refractivity contribution in [3.8, 4) is 5.06 Å². The normalized spacial score (nSPS) is 16.8. The van der Waals surface area contributed by atoms with Crippen LogP contribution in [-0.2, 0) is 14.8 Å². The second kappa shape index (κ2) is 8.18. The molecule has 6 nitrogen and oxygen atoms in total. The molecule has 0 saturated heterocycles. The molecule has 0 radical (unpaired) electrons. The first-order valence-electron chi connectivity index (χ1n) is 8.61. The van der Waals surface area contributed by atoms with Crippen LogP contribution in [0.25, 0.3) is 0 Å². The molecule has 0 aliphatic heterocycles. The van der Waals surface area contributed by atoms with Crippen LogP contribution in [0.2, 0.25) is 0 Å². The average Bonchev–Trinajstić information content (AvgIpc) is 3.14. The standard InChI is InChI=1S/C18H22N2O4S2/c1-24-15-7-8-16(25-15)26(22,23)20-18(21)17(13-5-3-2-4-6-13)14-9-11-19-12-10-14/h7-13,17H,2-6H2,1H3,(H,20,21). The third-order valence-corrected chi connectivity index (χ3v) is 7.61. The lowest BCUT2D eigenvalue weighted by molar-refractivity contribution is -0.122. The fourth-order valence-electron chi connectivity index (χ4n) is 3.48. The zero-order chi connectivity index (χ0) is 18.6. The summed E-state index contributed by atoms with van der Waals surface area (Å²) in [5.41, 5.74) is 0.809. The summed E-state index contributed by atoms with van der Waals surface area (Å²) in [5, 5.41) is 0.482. The zero-order valence-corrected chi connectivity index (χ0v) is 16.2. The summed E-state index contributed by atoms with van der Waals surface area (Å²) >= 11 is 0.990. The van der Waals surface area contributed by atoms with Crippen LogP contribution >= 0.6 is 11.3 Å². The molecule has 1 atom stereocenters. The predicted octanol–water partition coefficient (Wildman–Crippen LogP) is 3.32. The Morgan fingerprint density at radius 1 is 1.19 bits per heavy atom. The number of ether oxygens (including phenoxy) is 1. The minimum absolute atomic E-state index is 0.0693. The van der Waals surface area contributed by atoms with Gasteiger partial charge >= 0.3 is 0 Å². The molecule has 1 saturated carbocycles. The number of carbonyl (C=O) groups excluding carboxylic acids is 1. The molecule has 1 aliphatic carbocycles. The van der Waals surface area contributed by atoms with Crippen LogP contribution in [0.15, 0.2) is 40.9 Å². The molecule has 26 heavy (non-hydrogen) atoms. The maximum Gasteiger partial charge on any atom is 0.273 e. The summed E-state index contributed by atoms with van der Waals surface area (Å²) in [6.45, 7) is 0. The van der Waals surface area contributed by atoms with Crippen molar-refractivity contribution in [1.29, 1.82) is 0 Å². The number of aromatic nitrogens is 1. The lowest BCUT2D eigenvalue weighted by Gasteiger charge is -2.29. The number of thiophene rings is 1. The van der Waals surface area contributed by atoms with Gasteiger partial charge in [0.2, 0.25) is 5.91 Å². The first-order valence-corrected chi connectivity index (χ1v) is 10.9. The molecular formula is C18H22N2O4S2. The van der Waals surface area contributed by atoms with E-state index in [2.05, 4.69) is 9.71 Å². The number of nitrogens with zero attached hydrogens (tertiary/aromatic N) is 1. The summed E-state index contributed by atoms with van der Waals surface area (Å²) in [7, 11) is -2.44. The fourth-order valence-corrected chi connectivity index (χ4v) is 5.58. The summed E-state index contributed by atoms with van der Waals surface area (Å²) < 4.78 is 32.6. The number of pyridine rings is 1. The molecule has 1 N–H and O–H groups in total. The zero-order valence-electron chi connectivity index (χ0n) is 14.6. The highest BCUT2D eigenvalue weighted by atomic mass is 32.2. The maximum atomic E-state index is 13.0. The van der Waals surface area contributed by atoms with Gasteiger partial charge < -0.3 is 4.74 Å². The van der Waals surface area contributed by atoms with Crippen LogP contribution in [0.4, 0.5) is 0 Å². The lowest BCUT2D eigenvalue weighted by Crippen LogP contribution is -2.37. The summed E-state index contributed by atoms with van der Waals surface area (Å²) in [6.07, 6.45) is 8.41. The SMILES string of the molecule is COc1ccc(S(=O)(=O)NC(=O)C(c2ccncc2)C2CCCCC2)s1. The molecule has 2 heterocycles. The molecule has 1 unspecified atom stereocenters. The van der Waals surface area contributed by atoms with Crippen molar-refractivity contribution in [2.45, 2.75) is 42.2 Å². The number of rotatable bonds is 6. The van der Waals surface area contributed by atoms with Gasteiger partial charge in [0.15, 0.2) is 5.06 Å². The minimum Gasteiger partial charge on any atom is -0.487 e. The molecule has 1 fully saturated rings. The number of methoxy groups -OCH3 is 1. The van der Waals surface area contributed by atoms with E-state index in [4.69, 9.17) is 4.74 Å². The number of hydrogen-bond acceptors (Lipinski definition) is 6. The van der Waals surface area contributed by atoms with E-state index in [-0.39, 0.29) is 10.1 Å². The van der Waals surface area contributed by atoms with Gasteiger partial charge in [-0.2, -0.15) is 0 Å². The van der Waals surface area contributed by atoms with Crippen molar-refractivity contribution < 1.29 is 17.9 Å². The third-order valence-electron chi connectivity index (χ3n) is 4.73. The second-order valence-corrected chi connectivity index (χ2v) is 9.36. The molecule has 0 spiro atoms. The topological polar surface area (TPSA) is 85.4 Å². The van der Waals surface area contributed by atoms with Crippen molar-refractivity contribution in [2.75, 3.05) is 7.11 Å². The molecule has 2 aromatic heterocycles.